The zero-order valence-electron chi connectivity index (χ0n) is 8.58. The highest BCUT2D eigenvalue weighted by atomic mass is 32.1. The van der Waals surface area contributed by atoms with E-state index in [4.69, 9.17) is 0 Å². The Morgan fingerprint density at radius 2 is 1.76 bits per heavy atom. The second kappa shape index (κ2) is 4.82. The van der Waals surface area contributed by atoms with Gasteiger partial charge in [-0.05, 0) is 22.9 Å². The third-order valence-corrected chi connectivity index (χ3v) is 6.69. The van der Waals surface area contributed by atoms with Crippen LogP contribution in [0.3, 0.4) is 0 Å². The molecular weight excluding hydrogens is 304 g/mol. The van der Waals surface area contributed by atoms with Crippen LogP contribution in [-0.2, 0) is 0 Å². The van der Waals surface area contributed by atoms with Crippen molar-refractivity contribution in [2.45, 2.75) is 9.79 Å². The highest BCUT2D eigenvalue weighted by Gasteiger charge is 2.15. The normalized spacial score (nSPS) is 10.9. The van der Waals surface area contributed by atoms with E-state index in [-0.39, 0.29) is 0 Å². The molecule has 3 aromatic rings. The van der Waals surface area contributed by atoms with Crippen LogP contribution in [0.25, 0.3) is 20.2 Å². The molecule has 0 atom stereocenters. The van der Waals surface area contributed by atoms with Crippen LogP contribution >= 0.6 is 59.3 Å². The minimum atomic E-state index is 0.957. The van der Waals surface area contributed by atoms with Crippen molar-refractivity contribution in [1.29, 1.82) is 0 Å². The monoisotopic (exact) mass is 312 g/mol. The summed E-state index contributed by atoms with van der Waals surface area (Å²) in [6.07, 6.45) is 0. The van der Waals surface area contributed by atoms with Gasteiger partial charge in [-0.3, -0.25) is 0 Å². The molecule has 86 valence electrons. The summed E-state index contributed by atoms with van der Waals surface area (Å²) < 4.78 is 0. The standard InChI is InChI=1S/C12H8S5/c13-8-6-17-12(10(8)14)11-7(3-5-16-11)9-2-1-4-15-9/h1-6,13-14H. The smallest absolute Gasteiger partial charge is 0.0594 e. The maximum Gasteiger partial charge on any atom is 0.0594 e. The highest BCUT2D eigenvalue weighted by molar-refractivity contribution is 7.84. The summed E-state index contributed by atoms with van der Waals surface area (Å²) in [4.78, 5) is 5.76. The van der Waals surface area contributed by atoms with Crippen LogP contribution < -0.4 is 0 Å². The molecule has 0 aliphatic carbocycles. The Balaban J connectivity index is 2.17. The molecule has 5 heteroatoms. The van der Waals surface area contributed by atoms with Crippen molar-refractivity contribution in [3.63, 3.8) is 0 Å². The van der Waals surface area contributed by atoms with Crippen molar-refractivity contribution in [2.75, 3.05) is 0 Å². The number of thiol groups is 2. The second-order valence-corrected chi connectivity index (χ2v) is 7.11. The van der Waals surface area contributed by atoms with Crippen LogP contribution in [0, 0.1) is 0 Å². The number of rotatable bonds is 2. The van der Waals surface area contributed by atoms with Gasteiger partial charge >= 0.3 is 0 Å². The summed E-state index contributed by atoms with van der Waals surface area (Å²) in [5, 5.41) is 6.28. The zero-order chi connectivity index (χ0) is 11.8. The van der Waals surface area contributed by atoms with Gasteiger partial charge in [0.15, 0.2) is 0 Å². The molecule has 0 aliphatic heterocycles. The first kappa shape index (κ1) is 11.9. The van der Waals surface area contributed by atoms with Crippen LogP contribution in [0.4, 0.5) is 0 Å². The fraction of sp³-hybridized carbons (Fsp3) is 0. The summed E-state index contributed by atoms with van der Waals surface area (Å²) in [5.74, 6) is 0. The molecule has 3 heterocycles. The van der Waals surface area contributed by atoms with E-state index in [1.54, 1.807) is 34.0 Å². The predicted octanol–water partition coefficient (Wildman–Crippen LogP) is 5.78. The molecule has 0 aliphatic rings. The van der Waals surface area contributed by atoms with Crippen LogP contribution in [0.5, 0.6) is 0 Å². The van der Waals surface area contributed by atoms with Gasteiger partial charge in [-0.2, -0.15) is 0 Å². The Hall–Kier alpha value is -0.200. The van der Waals surface area contributed by atoms with E-state index in [0.717, 1.165) is 9.79 Å². The van der Waals surface area contributed by atoms with Crippen molar-refractivity contribution in [2.24, 2.45) is 0 Å². The van der Waals surface area contributed by atoms with Gasteiger partial charge in [0.2, 0.25) is 0 Å². The molecule has 3 rings (SSSR count). The fourth-order valence-corrected chi connectivity index (χ4v) is 5.21. The van der Waals surface area contributed by atoms with Gasteiger partial charge in [-0.1, -0.05) is 6.07 Å². The average molecular weight is 313 g/mol. The van der Waals surface area contributed by atoms with E-state index in [1.807, 2.05) is 5.38 Å². The van der Waals surface area contributed by atoms with Crippen molar-refractivity contribution in [3.8, 4) is 20.2 Å². The van der Waals surface area contributed by atoms with Gasteiger partial charge in [0.1, 0.15) is 0 Å². The first-order valence-corrected chi connectivity index (χ1v) is 8.42. The van der Waals surface area contributed by atoms with Gasteiger partial charge in [-0.25, -0.2) is 0 Å². The van der Waals surface area contributed by atoms with Gasteiger partial charge in [-0.15, -0.1) is 59.3 Å². The summed E-state index contributed by atoms with van der Waals surface area (Å²) in [6.45, 7) is 0. The van der Waals surface area contributed by atoms with Crippen LogP contribution in [0.15, 0.2) is 44.1 Å². The maximum absolute atomic E-state index is 4.54. The topological polar surface area (TPSA) is 0 Å². The van der Waals surface area contributed by atoms with Gasteiger partial charge in [0, 0.05) is 25.6 Å². The van der Waals surface area contributed by atoms with E-state index in [9.17, 15) is 0 Å². The lowest BCUT2D eigenvalue weighted by molar-refractivity contribution is 1.37. The summed E-state index contributed by atoms with van der Waals surface area (Å²) >= 11 is 14.2. The lowest BCUT2D eigenvalue weighted by Gasteiger charge is -2.00. The van der Waals surface area contributed by atoms with Crippen LogP contribution in [-0.4, -0.2) is 0 Å². The van der Waals surface area contributed by atoms with Crippen molar-refractivity contribution in [1.82, 2.24) is 0 Å². The number of hydrogen-bond donors (Lipinski definition) is 2. The van der Waals surface area contributed by atoms with E-state index < -0.39 is 0 Å². The SMILES string of the molecule is Sc1csc(-c2sccc2-c2cccs2)c1S. The predicted molar refractivity (Wildman–Crippen MR) is 85.4 cm³/mol. The molecule has 0 fully saturated rings. The first-order valence-electron chi connectivity index (χ1n) is 4.88. The highest BCUT2D eigenvalue weighted by Crippen LogP contribution is 2.45. The van der Waals surface area contributed by atoms with Crippen molar-refractivity contribution < 1.29 is 0 Å². The molecule has 0 unspecified atom stereocenters. The zero-order valence-corrected chi connectivity index (χ0v) is 12.8. The maximum atomic E-state index is 4.54. The fourth-order valence-electron chi connectivity index (χ4n) is 1.61. The first-order chi connectivity index (χ1) is 8.27. The van der Waals surface area contributed by atoms with E-state index >= 15 is 0 Å². The molecule has 0 amide bonds. The summed E-state index contributed by atoms with van der Waals surface area (Å²) in [5.41, 5.74) is 1.30. The molecule has 17 heavy (non-hydrogen) atoms. The second-order valence-electron chi connectivity index (χ2n) is 3.44. The minimum Gasteiger partial charge on any atom is -0.144 e. The molecule has 0 nitrogen and oxygen atoms in total. The molecule has 0 saturated carbocycles. The Bertz CT molecular complexity index is 630. The summed E-state index contributed by atoms with van der Waals surface area (Å²) in [7, 11) is 0. The molecule has 3 aromatic heterocycles. The number of thiophene rings is 3. The molecule has 0 N–H and O–H groups in total. The summed E-state index contributed by atoms with van der Waals surface area (Å²) in [6, 6.07) is 6.42. The Labute approximate surface area is 123 Å². The number of hydrogen-bond acceptors (Lipinski definition) is 5. The van der Waals surface area contributed by atoms with Gasteiger partial charge in [0.05, 0.1) is 9.75 Å². The van der Waals surface area contributed by atoms with E-state index in [0.29, 0.717) is 0 Å². The average Bonchev–Trinajstić information content (AvgIpc) is 3.01. The third-order valence-electron chi connectivity index (χ3n) is 2.40. The molecule has 0 bridgehead atoms. The Morgan fingerprint density at radius 1 is 0.882 bits per heavy atom. The van der Waals surface area contributed by atoms with E-state index in [1.165, 1.54) is 20.2 Å². The van der Waals surface area contributed by atoms with Crippen molar-refractivity contribution in [3.05, 3.63) is 34.3 Å². The largest absolute Gasteiger partial charge is 0.144 e. The van der Waals surface area contributed by atoms with Crippen LogP contribution in [0.1, 0.15) is 0 Å². The van der Waals surface area contributed by atoms with Crippen molar-refractivity contribution >= 4 is 59.3 Å². The third kappa shape index (κ3) is 2.11. The lowest BCUT2D eigenvalue weighted by atomic mass is 10.2. The quantitative estimate of drug-likeness (QED) is 0.550. The minimum absolute atomic E-state index is 0.957. The molecule has 0 radical (unpaired) electrons. The molecule has 0 aromatic carbocycles. The van der Waals surface area contributed by atoms with Gasteiger partial charge < -0.3 is 0 Å². The van der Waals surface area contributed by atoms with Crippen LogP contribution in [0.2, 0.25) is 0 Å². The molecule has 0 spiro atoms. The van der Waals surface area contributed by atoms with E-state index in [2.05, 4.69) is 54.2 Å². The molecule has 0 saturated heterocycles. The Morgan fingerprint density at radius 3 is 2.41 bits per heavy atom. The lowest BCUT2D eigenvalue weighted by Crippen LogP contribution is -1.72. The molecular formula is C12H8S5. The van der Waals surface area contributed by atoms with Gasteiger partial charge in [0.25, 0.3) is 0 Å². The Kier molecular flexibility index (Phi) is 3.36.